The second-order valence-corrected chi connectivity index (χ2v) is 5.83. The van der Waals surface area contributed by atoms with Gasteiger partial charge in [-0.25, -0.2) is 0 Å². The Kier molecular flexibility index (Phi) is 7.36. The van der Waals surface area contributed by atoms with Gasteiger partial charge in [0.15, 0.2) is 0 Å². The molecule has 2 nitrogen and oxygen atoms in total. The van der Waals surface area contributed by atoms with Crippen LogP contribution in [0.3, 0.4) is 0 Å². The third kappa shape index (κ3) is 4.62. The highest BCUT2D eigenvalue weighted by atomic mass is 32.1. The normalized spacial score (nSPS) is 14.4. The van der Waals surface area contributed by atoms with Gasteiger partial charge in [-0.05, 0) is 25.5 Å². The van der Waals surface area contributed by atoms with Crippen molar-refractivity contribution < 1.29 is 4.74 Å². The topological polar surface area (TPSA) is 21.3 Å². The standard InChI is InChI=1S/C15H27NOS/c1-5-7-8-12(6-2)9-14(16-3)15-10-13(17-4)11-18-15/h10-12,14,16H,5-9H2,1-4H3. The summed E-state index contributed by atoms with van der Waals surface area (Å²) in [5, 5.41) is 5.54. The summed E-state index contributed by atoms with van der Waals surface area (Å²) >= 11 is 1.80. The van der Waals surface area contributed by atoms with Gasteiger partial charge in [0.05, 0.1) is 7.11 Å². The minimum absolute atomic E-state index is 0.473. The molecule has 1 aromatic rings. The van der Waals surface area contributed by atoms with Crippen molar-refractivity contribution in [3.8, 4) is 5.75 Å². The van der Waals surface area contributed by atoms with Gasteiger partial charge in [0, 0.05) is 16.3 Å². The van der Waals surface area contributed by atoms with Crippen LogP contribution in [-0.4, -0.2) is 14.2 Å². The molecule has 0 aliphatic heterocycles. The molecule has 1 aromatic heterocycles. The Hall–Kier alpha value is -0.540. The predicted octanol–water partition coefficient (Wildman–Crippen LogP) is 4.62. The minimum atomic E-state index is 0.473. The van der Waals surface area contributed by atoms with Crippen molar-refractivity contribution in [3.63, 3.8) is 0 Å². The Morgan fingerprint density at radius 2 is 2.17 bits per heavy atom. The van der Waals surface area contributed by atoms with Crippen LogP contribution in [0, 0.1) is 5.92 Å². The molecular weight excluding hydrogens is 242 g/mol. The maximum absolute atomic E-state index is 5.27. The van der Waals surface area contributed by atoms with Crippen LogP contribution in [0.15, 0.2) is 11.4 Å². The molecule has 0 radical (unpaired) electrons. The van der Waals surface area contributed by atoms with E-state index in [9.17, 15) is 0 Å². The van der Waals surface area contributed by atoms with E-state index in [1.807, 2.05) is 0 Å². The maximum Gasteiger partial charge on any atom is 0.129 e. The van der Waals surface area contributed by atoms with Gasteiger partial charge in [-0.3, -0.25) is 0 Å². The minimum Gasteiger partial charge on any atom is -0.496 e. The van der Waals surface area contributed by atoms with Crippen LogP contribution in [0.1, 0.15) is 56.9 Å². The van der Waals surface area contributed by atoms with Crippen molar-refractivity contribution in [1.29, 1.82) is 0 Å². The van der Waals surface area contributed by atoms with Crippen LogP contribution in [0.5, 0.6) is 5.75 Å². The lowest BCUT2D eigenvalue weighted by Gasteiger charge is -2.21. The first-order valence-corrected chi connectivity index (χ1v) is 7.92. The number of nitrogens with one attached hydrogen (secondary N) is 1. The Morgan fingerprint density at radius 3 is 2.67 bits per heavy atom. The molecule has 2 atom stereocenters. The second kappa shape index (κ2) is 8.54. The van der Waals surface area contributed by atoms with Crippen molar-refractivity contribution in [1.82, 2.24) is 5.32 Å². The summed E-state index contributed by atoms with van der Waals surface area (Å²) in [6.07, 6.45) is 6.52. The van der Waals surface area contributed by atoms with Gasteiger partial charge in [0.2, 0.25) is 0 Å². The first kappa shape index (κ1) is 15.5. The Bertz CT molecular complexity index is 324. The zero-order chi connectivity index (χ0) is 13.4. The molecule has 0 saturated heterocycles. The molecule has 18 heavy (non-hydrogen) atoms. The van der Waals surface area contributed by atoms with E-state index in [1.165, 1.54) is 37.0 Å². The van der Waals surface area contributed by atoms with Gasteiger partial charge in [-0.15, -0.1) is 11.3 Å². The lowest BCUT2D eigenvalue weighted by Crippen LogP contribution is -2.19. The van der Waals surface area contributed by atoms with Crippen LogP contribution >= 0.6 is 11.3 Å². The quantitative estimate of drug-likeness (QED) is 0.706. The maximum atomic E-state index is 5.27. The zero-order valence-corrected chi connectivity index (χ0v) is 13.0. The molecule has 0 saturated carbocycles. The molecule has 1 heterocycles. The predicted molar refractivity (Wildman–Crippen MR) is 80.6 cm³/mol. The van der Waals surface area contributed by atoms with E-state index < -0.39 is 0 Å². The molecule has 0 bridgehead atoms. The van der Waals surface area contributed by atoms with Gasteiger partial charge in [-0.1, -0.05) is 39.5 Å². The fraction of sp³-hybridized carbons (Fsp3) is 0.733. The number of unbranched alkanes of at least 4 members (excludes halogenated alkanes) is 1. The third-order valence-electron chi connectivity index (χ3n) is 3.64. The Labute approximate surface area is 116 Å². The number of hydrogen-bond donors (Lipinski definition) is 1. The summed E-state index contributed by atoms with van der Waals surface area (Å²) in [4.78, 5) is 1.39. The molecule has 0 amide bonds. The molecule has 1 rings (SSSR count). The Morgan fingerprint density at radius 1 is 1.39 bits per heavy atom. The molecule has 1 N–H and O–H groups in total. The summed E-state index contributed by atoms with van der Waals surface area (Å²) in [5.74, 6) is 1.81. The van der Waals surface area contributed by atoms with Gasteiger partial charge >= 0.3 is 0 Å². The van der Waals surface area contributed by atoms with Gasteiger partial charge < -0.3 is 10.1 Å². The highest BCUT2D eigenvalue weighted by Crippen LogP contribution is 2.32. The van der Waals surface area contributed by atoms with Crippen LogP contribution in [0.25, 0.3) is 0 Å². The number of thiophene rings is 1. The molecule has 0 aliphatic carbocycles. The number of rotatable bonds is 9. The van der Waals surface area contributed by atoms with E-state index in [1.54, 1.807) is 18.4 Å². The van der Waals surface area contributed by atoms with Crippen molar-refractivity contribution in [2.24, 2.45) is 5.92 Å². The number of ether oxygens (including phenoxy) is 1. The molecule has 0 fully saturated rings. The summed E-state index contributed by atoms with van der Waals surface area (Å²) < 4.78 is 5.27. The molecule has 2 unspecified atom stereocenters. The van der Waals surface area contributed by atoms with Crippen LogP contribution in [-0.2, 0) is 0 Å². The third-order valence-corrected chi connectivity index (χ3v) is 4.66. The molecule has 0 aliphatic rings. The van der Waals surface area contributed by atoms with E-state index in [-0.39, 0.29) is 0 Å². The van der Waals surface area contributed by atoms with Gasteiger partial charge in [0.25, 0.3) is 0 Å². The lowest BCUT2D eigenvalue weighted by atomic mass is 9.91. The lowest BCUT2D eigenvalue weighted by molar-refractivity contribution is 0.366. The van der Waals surface area contributed by atoms with E-state index in [4.69, 9.17) is 4.74 Å². The van der Waals surface area contributed by atoms with E-state index >= 15 is 0 Å². The molecule has 0 aromatic carbocycles. The molecule has 104 valence electrons. The fourth-order valence-electron chi connectivity index (χ4n) is 2.32. The van der Waals surface area contributed by atoms with Crippen molar-refractivity contribution in [2.75, 3.05) is 14.2 Å². The zero-order valence-electron chi connectivity index (χ0n) is 12.2. The second-order valence-electron chi connectivity index (χ2n) is 4.88. The number of methoxy groups -OCH3 is 1. The monoisotopic (exact) mass is 269 g/mol. The Balaban J connectivity index is 2.59. The van der Waals surface area contributed by atoms with E-state index in [0.717, 1.165) is 11.7 Å². The summed E-state index contributed by atoms with van der Waals surface area (Å²) in [7, 11) is 3.79. The van der Waals surface area contributed by atoms with E-state index in [0.29, 0.717) is 6.04 Å². The largest absolute Gasteiger partial charge is 0.496 e. The summed E-state index contributed by atoms with van der Waals surface area (Å²) in [5.41, 5.74) is 0. The summed E-state index contributed by atoms with van der Waals surface area (Å²) in [6.45, 7) is 4.58. The molecule has 3 heteroatoms. The SMILES string of the molecule is CCCCC(CC)CC(NC)c1cc(OC)cs1. The molecular formula is C15H27NOS. The average Bonchev–Trinajstić information content (AvgIpc) is 2.88. The van der Waals surface area contributed by atoms with Gasteiger partial charge in [0.1, 0.15) is 5.75 Å². The summed E-state index contributed by atoms with van der Waals surface area (Å²) in [6, 6.07) is 2.64. The van der Waals surface area contributed by atoms with Crippen LogP contribution < -0.4 is 10.1 Å². The van der Waals surface area contributed by atoms with Crippen molar-refractivity contribution in [3.05, 3.63) is 16.3 Å². The first-order chi connectivity index (χ1) is 8.74. The van der Waals surface area contributed by atoms with Crippen LogP contribution in [0.2, 0.25) is 0 Å². The highest BCUT2D eigenvalue weighted by molar-refractivity contribution is 7.10. The highest BCUT2D eigenvalue weighted by Gasteiger charge is 2.17. The van der Waals surface area contributed by atoms with Crippen molar-refractivity contribution in [2.45, 2.75) is 52.0 Å². The van der Waals surface area contributed by atoms with Crippen LogP contribution in [0.4, 0.5) is 0 Å². The number of hydrogen-bond acceptors (Lipinski definition) is 3. The average molecular weight is 269 g/mol. The van der Waals surface area contributed by atoms with Crippen molar-refractivity contribution >= 4 is 11.3 Å². The van der Waals surface area contributed by atoms with Gasteiger partial charge in [-0.2, -0.15) is 0 Å². The smallest absolute Gasteiger partial charge is 0.129 e. The molecule has 0 spiro atoms. The first-order valence-electron chi connectivity index (χ1n) is 7.04. The van der Waals surface area contributed by atoms with E-state index in [2.05, 4.69) is 37.7 Å². The fourth-order valence-corrected chi connectivity index (χ4v) is 3.29.